The Hall–Kier alpha value is -2.49. The van der Waals surface area contributed by atoms with Crippen molar-refractivity contribution in [3.8, 4) is 11.3 Å². The summed E-state index contributed by atoms with van der Waals surface area (Å²) in [6.45, 7) is 10.3. The molecular formula is C21H25N3O. The van der Waals surface area contributed by atoms with E-state index in [4.69, 9.17) is 0 Å². The number of nitrogens with zero attached hydrogens (tertiary/aromatic N) is 2. The zero-order chi connectivity index (χ0) is 18.2. The van der Waals surface area contributed by atoms with E-state index in [0.717, 1.165) is 22.8 Å². The van der Waals surface area contributed by atoms with E-state index in [9.17, 15) is 4.79 Å². The summed E-state index contributed by atoms with van der Waals surface area (Å²) in [7, 11) is 0. The fourth-order valence-electron chi connectivity index (χ4n) is 3.44. The number of amides is 1. The minimum atomic E-state index is 0.0166. The van der Waals surface area contributed by atoms with Crippen LogP contribution in [-0.4, -0.2) is 15.9 Å². The average molecular weight is 335 g/mol. The van der Waals surface area contributed by atoms with Gasteiger partial charge in [-0.05, 0) is 50.3 Å². The van der Waals surface area contributed by atoms with Crippen LogP contribution in [0.5, 0.6) is 0 Å². The quantitative estimate of drug-likeness (QED) is 0.829. The summed E-state index contributed by atoms with van der Waals surface area (Å²) in [4.78, 5) is 21.3. The van der Waals surface area contributed by atoms with Crippen LogP contribution in [0, 0.1) is 24.2 Å². The molecule has 2 aromatic rings. The van der Waals surface area contributed by atoms with Crippen LogP contribution in [0.2, 0.25) is 0 Å². The smallest absolute Gasteiger partial charge is 0.228 e. The molecule has 25 heavy (non-hydrogen) atoms. The molecule has 1 aromatic heterocycles. The minimum absolute atomic E-state index is 0.0166. The molecule has 1 N–H and O–H groups in total. The van der Waals surface area contributed by atoms with Crippen molar-refractivity contribution >= 4 is 11.6 Å². The van der Waals surface area contributed by atoms with E-state index in [0.29, 0.717) is 5.92 Å². The van der Waals surface area contributed by atoms with Crippen LogP contribution in [0.25, 0.3) is 11.3 Å². The molecule has 0 bridgehead atoms. The highest BCUT2D eigenvalue weighted by Gasteiger charge is 2.60. The van der Waals surface area contributed by atoms with Crippen molar-refractivity contribution in [2.24, 2.45) is 17.3 Å². The molecule has 1 aliphatic rings. The van der Waals surface area contributed by atoms with Crippen LogP contribution in [0.4, 0.5) is 5.69 Å². The Morgan fingerprint density at radius 2 is 2.00 bits per heavy atom. The summed E-state index contributed by atoms with van der Waals surface area (Å²) in [5.74, 6) is 1.15. The normalized spacial score (nSPS) is 20.7. The maximum atomic E-state index is 12.7. The molecule has 0 saturated heterocycles. The molecule has 1 aliphatic carbocycles. The van der Waals surface area contributed by atoms with Crippen molar-refractivity contribution in [1.82, 2.24) is 9.97 Å². The second-order valence-electron chi connectivity index (χ2n) is 7.63. The Labute approximate surface area is 149 Å². The molecule has 2 atom stereocenters. The molecule has 130 valence electrons. The summed E-state index contributed by atoms with van der Waals surface area (Å²) in [6, 6.07) is 9.69. The van der Waals surface area contributed by atoms with Crippen molar-refractivity contribution in [2.45, 2.75) is 34.6 Å². The highest BCUT2D eigenvalue weighted by molar-refractivity contribution is 5.96. The number of benzene rings is 1. The van der Waals surface area contributed by atoms with Crippen LogP contribution in [0.1, 0.15) is 33.5 Å². The van der Waals surface area contributed by atoms with E-state index < -0.39 is 0 Å². The fraction of sp³-hybridized carbons (Fsp3) is 0.381. The third-order valence-electron chi connectivity index (χ3n) is 4.91. The second kappa shape index (κ2) is 6.43. The molecule has 0 radical (unpaired) electrons. The van der Waals surface area contributed by atoms with Gasteiger partial charge in [0.25, 0.3) is 0 Å². The number of nitrogens with one attached hydrogen (secondary N) is 1. The standard InChI is InChI=1S/C21H25N3O/c1-13(2)11-17-19(21(17,4)5)20(25)24-16-8-6-7-15(12-16)18-9-10-22-14(3)23-18/h6-12,17,19H,1-5H3,(H,24,25)/t17-,19-/m0/s1. The van der Waals surface area contributed by atoms with Gasteiger partial charge in [-0.3, -0.25) is 4.79 Å². The SMILES string of the molecule is CC(C)=C[C@H]1[C@@H](C(=O)Nc2cccc(-c3ccnc(C)n3)c2)C1(C)C. The van der Waals surface area contributed by atoms with E-state index in [-0.39, 0.29) is 17.2 Å². The van der Waals surface area contributed by atoms with Crippen LogP contribution in [0.3, 0.4) is 0 Å². The zero-order valence-corrected chi connectivity index (χ0v) is 15.5. The van der Waals surface area contributed by atoms with Gasteiger partial charge in [-0.1, -0.05) is 37.6 Å². The van der Waals surface area contributed by atoms with Crippen LogP contribution >= 0.6 is 0 Å². The number of aryl methyl sites for hydroxylation is 1. The monoisotopic (exact) mass is 335 g/mol. The Morgan fingerprint density at radius 1 is 1.24 bits per heavy atom. The maximum Gasteiger partial charge on any atom is 0.228 e. The average Bonchev–Trinajstić information content (AvgIpc) is 3.07. The number of anilines is 1. The third-order valence-corrected chi connectivity index (χ3v) is 4.91. The van der Waals surface area contributed by atoms with Crippen LogP contribution in [0.15, 0.2) is 48.2 Å². The van der Waals surface area contributed by atoms with Gasteiger partial charge in [0.2, 0.25) is 5.91 Å². The molecule has 4 heteroatoms. The second-order valence-corrected chi connectivity index (χ2v) is 7.63. The Kier molecular flexibility index (Phi) is 4.46. The topological polar surface area (TPSA) is 54.9 Å². The molecule has 1 heterocycles. The van der Waals surface area contributed by atoms with Gasteiger partial charge in [-0.2, -0.15) is 0 Å². The number of allylic oxidation sites excluding steroid dienone is 2. The maximum absolute atomic E-state index is 12.7. The predicted molar refractivity (Wildman–Crippen MR) is 101 cm³/mol. The highest BCUT2D eigenvalue weighted by atomic mass is 16.2. The number of carbonyl (C=O) groups is 1. The van der Waals surface area contributed by atoms with Gasteiger partial charge < -0.3 is 5.32 Å². The zero-order valence-electron chi connectivity index (χ0n) is 15.5. The van der Waals surface area contributed by atoms with E-state index in [1.54, 1.807) is 6.20 Å². The minimum Gasteiger partial charge on any atom is -0.326 e. The number of rotatable bonds is 4. The van der Waals surface area contributed by atoms with Gasteiger partial charge in [0.1, 0.15) is 5.82 Å². The highest BCUT2D eigenvalue weighted by Crippen LogP contribution is 2.59. The van der Waals surface area contributed by atoms with Gasteiger partial charge >= 0.3 is 0 Å². The Morgan fingerprint density at radius 3 is 2.68 bits per heavy atom. The van der Waals surface area contributed by atoms with Gasteiger partial charge in [-0.15, -0.1) is 0 Å². The summed E-state index contributed by atoms with van der Waals surface area (Å²) in [5.41, 5.74) is 3.91. The Balaban J connectivity index is 1.77. The number of aromatic nitrogens is 2. The molecule has 1 saturated carbocycles. The van der Waals surface area contributed by atoms with Crippen LogP contribution in [-0.2, 0) is 4.79 Å². The lowest BCUT2D eigenvalue weighted by atomic mass is 10.1. The first kappa shape index (κ1) is 17.3. The van der Waals surface area contributed by atoms with Crippen molar-refractivity contribution < 1.29 is 4.79 Å². The van der Waals surface area contributed by atoms with Crippen molar-refractivity contribution in [2.75, 3.05) is 5.32 Å². The fourth-order valence-corrected chi connectivity index (χ4v) is 3.44. The lowest BCUT2D eigenvalue weighted by Gasteiger charge is -2.08. The number of hydrogen-bond donors (Lipinski definition) is 1. The largest absolute Gasteiger partial charge is 0.326 e. The van der Waals surface area contributed by atoms with E-state index in [2.05, 4.69) is 49.1 Å². The molecular weight excluding hydrogens is 310 g/mol. The lowest BCUT2D eigenvalue weighted by Crippen LogP contribution is -2.16. The third kappa shape index (κ3) is 3.63. The van der Waals surface area contributed by atoms with Crippen LogP contribution < -0.4 is 5.32 Å². The predicted octanol–water partition coefficient (Wildman–Crippen LogP) is 4.63. The lowest BCUT2D eigenvalue weighted by molar-refractivity contribution is -0.118. The summed E-state index contributed by atoms with van der Waals surface area (Å²) >= 11 is 0. The summed E-state index contributed by atoms with van der Waals surface area (Å²) in [6.07, 6.45) is 3.96. The van der Waals surface area contributed by atoms with Gasteiger partial charge in [0.05, 0.1) is 11.6 Å². The molecule has 1 fully saturated rings. The molecule has 1 aromatic carbocycles. The van der Waals surface area contributed by atoms with E-state index >= 15 is 0 Å². The molecule has 1 amide bonds. The first-order valence-electron chi connectivity index (χ1n) is 8.65. The van der Waals surface area contributed by atoms with Gasteiger partial charge in [0.15, 0.2) is 0 Å². The molecule has 4 nitrogen and oxygen atoms in total. The molecule has 3 rings (SSSR count). The van der Waals surface area contributed by atoms with E-state index in [1.807, 2.05) is 37.3 Å². The molecule has 0 unspecified atom stereocenters. The molecule has 0 aliphatic heterocycles. The first-order chi connectivity index (χ1) is 11.8. The van der Waals surface area contributed by atoms with Crippen molar-refractivity contribution in [3.63, 3.8) is 0 Å². The molecule has 0 spiro atoms. The van der Waals surface area contributed by atoms with Crippen molar-refractivity contribution in [3.05, 3.63) is 54.0 Å². The Bertz CT molecular complexity index is 835. The van der Waals surface area contributed by atoms with E-state index in [1.165, 1.54) is 5.57 Å². The van der Waals surface area contributed by atoms with Gasteiger partial charge in [0, 0.05) is 17.4 Å². The summed E-state index contributed by atoms with van der Waals surface area (Å²) < 4.78 is 0. The number of carbonyl (C=O) groups excluding carboxylic acids is 1. The van der Waals surface area contributed by atoms with Crippen molar-refractivity contribution in [1.29, 1.82) is 0 Å². The van der Waals surface area contributed by atoms with Gasteiger partial charge in [-0.25, -0.2) is 9.97 Å². The number of hydrogen-bond acceptors (Lipinski definition) is 3. The first-order valence-corrected chi connectivity index (χ1v) is 8.65. The summed E-state index contributed by atoms with van der Waals surface area (Å²) in [5, 5.41) is 3.08.